The van der Waals surface area contributed by atoms with Gasteiger partial charge in [-0.2, -0.15) is 0 Å². The standard InChI is InChI=1S/C8H8F2N2O2/c1-4(11)8-6(9)2-5(12(13)14)3-7(8)10/h2-4H,11H2,1H3/t4-/m0/s1. The van der Waals surface area contributed by atoms with E-state index in [1.165, 1.54) is 6.92 Å². The summed E-state index contributed by atoms with van der Waals surface area (Å²) in [5.41, 5.74) is 4.33. The van der Waals surface area contributed by atoms with Crippen molar-refractivity contribution in [3.8, 4) is 0 Å². The summed E-state index contributed by atoms with van der Waals surface area (Å²) in [5, 5.41) is 10.2. The van der Waals surface area contributed by atoms with Crippen LogP contribution in [0.5, 0.6) is 0 Å². The van der Waals surface area contributed by atoms with Crippen LogP contribution in [0, 0.1) is 21.7 Å². The van der Waals surface area contributed by atoms with Gasteiger partial charge in [0, 0.05) is 11.6 Å². The molecule has 6 heteroatoms. The molecule has 4 nitrogen and oxygen atoms in total. The van der Waals surface area contributed by atoms with E-state index in [2.05, 4.69) is 0 Å². The van der Waals surface area contributed by atoms with E-state index in [1.807, 2.05) is 0 Å². The Bertz CT molecular complexity index is 357. The molecule has 0 unspecified atom stereocenters. The Morgan fingerprint density at radius 3 is 2.14 bits per heavy atom. The summed E-state index contributed by atoms with van der Waals surface area (Å²) in [5.74, 6) is -1.99. The van der Waals surface area contributed by atoms with Gasteiger partial charge in [-0.3, -0.25) is 10.1 Å². The minimum Gasteiger partial charge on any atom is -0.324 e. The molecule has 0 saturated carbocycles. The second-order valence-electron chi connectivity index (χ2n) is 2.87. The molecule has 14 heavy (non-hydrogen) atoms. The van der Waals surface area contributed by atoms with Crippen LogP contribution in [0.4, 0.5) is 14.5 Å². The van der Waals surface area contributed by atoms with Gasteiger partial charge >= 0.3 is 0 Å². The first-order valence-corrected chi connectivity index (χ1v) is 3.82. The van der Waals surface area contributed by atoms with E-state index in [0.29, 0.717) is 12.1 Å². The average molecular weight is 202 g/mol. The fraction of sp³-hybridized carbons (Fsp3) is 0.250. The van der Waals surface area contributed by atoms with Gasteiger partial charge < -0.3 is 5.73 Å². The first-order valence-electron chi connectivity index (χ1n) is 3.82. The molecule has 0 fully saturated rings. The van der Waals surface area contributed by atoms with Crippen LogP contribution in [-0.4, -0.2) is 4.92 Å². The third-order valence-corrected chi connectivity index (χ3v) is 1.73. The molecule has 0 aliphatic heterocycles. The Labute approximate surface area is 78.5 Å². The third-order valence-electron chi connectivity index (χ3n) is 1.73. The number of benzene rings is 1. The van der Waals surface area contributed by atoms with Crippen LogP contribution >= 0.6 is 0 Å². The minimum absolute atomic E-state index is 0.337. The molecule has 2 N–H and O–H groups in total. The monoisotopic (exact) mass is 202 g/mol. The first-order chi connectivity index (χ1) is 6.43. The highest BCUT2D eigenvalue weighted by molar-refractivity contribution is 5.36. The van der Waals surface area contributed by atoms with Gasteiger partial charge in [-0.15, -0.1) is 0 Å². The zero-order valence-electron chi connectivity index (χ0n) is 7.33. The van der Waals surface area contributed by atoms with Gasteiger partial charge in [0.1, 0.15) is 11.6 Å². The van der Waals surface area contributed by atoms with E-state index in [0.717, 1.165) is 0 Å². The average Bonchev–Trinajstić information content (AvgIpc) is 2.01. The number of hydrogen-bond acceptors (Lipinski definition) is 3. The number of nitro benzene ring substituents is 1. The molecule has 0 spiro atoms. The summed E-state index contributed by atoms with van der Waals surface area (Å²) in [6.07, 6.45) is 0. The van der Waals surface area contributed by atoms with Crippen LogP contribution in [0.2, 0.25) is 0 Å². The van der Waals surface area contributed by atoms with Crippen LogP contribution in [0.3, 0.4) is 0 Å². The van der Waals surface area contributed by atoms with Crippen molar-refractivity contribution in [3.63, 3.8) is 0 Å². The number of nitro groups is 1. The van der Waals surface area contributed by atoms with Crippen LogP contribution in [0.1, 0.15) is 18.5 Å². The number of hydrogen-bond donors (Lipinski definition) is 1. The fourth-order valence-electron chi connectivity index (χ4n) is 1.11. The lowest BCUT2D eigenvalue weighted by Crippen LogP contribution is -2.10. The van der Waals surface area contributed by atoms with E-state index < -0.39 is 28.3 Å². The van der Waals surface area contributed by atoms with Crippen molar-refractivity contribution in [2.45, 2.75) is 13.0 Å². The molecule has 0 aliphatic carbocycles. The van der Waals surface area contributed by atoms with Crippen molar-refractivity contribution in [1.29, 1.82) is 0 Å². The molecular weight excluding hydrogens is 194 g/mol. The largest absolute Gasteiger partial charge is 0.324 e. The second-order valence-corrected chi connectivity index (χ2v) is 2.87. The molecular formula is C8H8F2N2O2. The Hall–Kier alpha value is -1.56. The molecule has 0 radical (unpaired) electrons. The van der Waals surface area contributed by atoms with Gasteiger partial charge in [-0.1, -0.05) is 0 Å². The molecule has 76 valence electrons. The summed E-state index contributed by atoms with van der Waals surface area (Å²) in [6.45, 7) is 1.40. The number of nitrogens with zero attached hydrogens (tertiary/aromatic N) is 1. The zero-order chi connectivity index (χ0) is 10.9. The van der Waals surface area contributed by atoms with Crippen LogP contribution in [0.25, 0.3) is 0 Å². The molecule has 0 aromatic heterocycles. The molecule has 1 aromatic rings. The molecule has 0 heterocycles. The Kier molecular flexibility index (Phi) is 2.76. The summed E-state index contributed by atoms with van der Waals surface area (Å²) < 4.78 is 26.2. The van der Waals surface area contributed by atoms with E-state index >= 15 is 0 Å². The number of non-ortho nitro benzene ring substituents is 1. The first kappa shape index (κ1) is 10.5. The molecule has 0 amide bonds. The maximum atomic E-state index is 13.1. The Morgan fingerprint density at radius 2 is 1.86 bits per heavy atom. The van der Waals surface area contributed by atoms with Gasteiger partial charge in [0.25, 0.3) is 5.69 Å². The lowest BCUT2D eigenvalue weighted by atomic mass is 10.1. The maximum absolute atomic E-state index is 13.1. The summed E-state index contributed by atoms with van der Waals surface area (Å²) >= 11 is 0. The topological polar surface area (TPSA) is 69.2 Å². The predicted octanol–water partition coefficient (Wildman–Crippen LogP) is 1.89. The van der Waals surface area contributed by atoms with Crippen LogP contribution < -0.4 is 5.73 Å². The van der Waals surface area contributed by atoms with Gasteiger partial charge in [-0.05, 0) is 6.92 Å². The van der Waals surface area contributed by atoms with Crippen molar-refractivity contribution in [3.05, 3.63) is 39.4 Å². The van der Waals surface area contributed by atoms with Crippen molar-refractivity contribution >= 4 is 5.69 Å². The Morgan fingerprint density at radius 1 is 1.43 bits per heavy atom. The highest BCUT2D eigenvalue weighted by atomic mass is 19.1. The SMILES string of the molecule is C[C@H](N)c1c(F)cc([N+](=O)[O-])cc1F. The summed E-state index contributed by atoms with van der Waals surface area (Å²) in [7, 11) is 0. The lowest BCUT2D eigenvalue weighted by Gasteiger charge is -2.07. The smallest absolute Gasteiger partial charge is 0.275 e. The maximum Gasteiger partial charge on any atom is 0.275 e. The van der Waals surface area contributed by atoms with Crippen molar-refractivity contribution in [2.24, 2.45) is 5.73 Å². The van der Waals surface area contributed by atoms with E-state index in [-0.39, 0.29) is 5.56 Å². The lowest BCUT2D eigenvalue weighted by molar-refractivity contribution is -0.385. The highest BCUT2D eigenvalue weighted by Gasteiger charge is 2.18. The van der Waals surface area contributed by atoms with E-state index in [1.54, 1.807) is 0 Å². The zero-order valence-corrected chi connectivity index (χ0v) is 7.33. The molecule has 0 aliphatic rings. The number of halogens is 2. The number of nitrogens with two attached hydrogens (primary N) is 1. The second kappa shape index (κ2) is 3.67. The van der Waals surface area contributed by atoms with Crippen molar-refractivity contribution in [2.75, 3.05) is 0 Å². The quantitative estimate of drug-likeness (QED) is 0.588. The third kappa shape index (κ3) is 1.85. The molecule has 1 atom stereocenters. The normalized spacial score (nSPS) is 12.6. The van der Waals surface area contributed by atoms with Gasteiger partial charge in [0.05, 0.1) is 17.1 Å². The van der Waals surface area contributed by atoms with Gasteiger partial charge in [-0.25, -0.2) is 8.78 Å². The number of rotatable bonds is 2. The van der Waals surface area contributed by atoms with Gasteiger partial charge in [0.2, 0.25) is 0 Å². The van der Waals surface area contributed by atoms with Crippen LogP contribution in [0.15, 0.2) is 12.1 Å². The molecule has 1 aromatic carbocycles. The van der Waals surface area contributed by atoms with Crippen LogP contribution in [-0.2, 0) is 0 Å². The highest BCUT2D eigenvalue weighted by Crippen LogP contribution is 2.24. The van der Waals surface area contributed by atoms with E-state index in [4.69, 9.17) is 5.73 Å². The minimum atomic E-state index is -0.994. The Balaban J connectivity index is 3.32. The molecule has 0 bridgehead atoms. The molecule has 1 rings (SSSR count). The fourth-order valence-corrected chi connectivity index (χ4v) is 1.11. The predicted molar refractivity (Wildman–Crippen MR) is 45.6 cm³/mol. The van der Waals surface area contributed by atoms with E-state index in [9.17, 15) is 18.9 Å². The van der Waals surface area contributed by atoms with Crippen molar-refractivity contribution < 1.29 is 13.7 Å². The molecule has 0 saturated heterocycles. The van der Waals surface area contributed by atoms with Crippen molar-refractivity contribution in [1.82, 2.24) is 0 Å². The summed E-state index contributed by atoms with van der Waals surface area (Å²) in [4.78, 5) is 9.36. The summed E-state index contributed by atoms with van der Waals surface area (Å²) in [6, 6.07) is 0.472. The van der Waals surface area contributed by atoms with Gasteiger partial charge in [0.15, 0.2) is 0 Å².